The molecule has 6 heteroatoms. The van der Waals surface area contributed by atoms with Crippen molar-refractivity contribution in [2.45, 2.75) is 51.4 Å². The lowest BCUT2D eigenvalue weighted by Gasteiger charge is -2.48. The van der Waals surface area contributed by atoms with Crippen molar-refractivity contribution in [2.75, 3.05) is 28.4 Å². The van der Waals surface area contributed by atoms with Crippen molar-refractivity contribution in [3.63, 3.8) is 0 Å². The highest BCUT2D eigenvalue weighted by Crippen LogP contribution is 2.59. The van der Waals surface area contributed by atoms with Crippen molar-refractivity contribution in [3.8, 4) is 23.0 Å². The SMILES string of the molecule is COc1cc2c(cc1C(=O)c1cc(OC)c(OC)c(OC)c1)[C@H]1CC[C@]3(C)C(=O)CC[C@H]3[C@@H]1CC2. The number of benzene rings is 2. The van der Waals surface area contributed by atoms with Gasteiger partial charge in [0, 0.05) is 17.4 Å². The number of aryl methyl sites for hydroxylation is 1. The number of hydrogen-bond donors (Lipinski definition) is 0. The van der Waals surface area contributed by atoms with Gasteiger partial charge in [-0.3, -0.25) is 9.59 Å². The van der Waals surface area contributed by atoms with E-state index in [9.17, 15) is 9.59 Å². The monoisotopic (exact) mass is 478 g/mol. The average molecular weight is 479 g/mol. The molecule has 2 fully saturated rings. The van der Waals surface area contributed by atoms with Crippen molar-refractivity contribution in [3.05, 3.63) is 46.5 Å². The van der Waals surface area contributed by atoms with Crippen LogP contribution in [0, 0.1) is 17.3 Å². The Morgan fingerprint density at radius 3 is 2.17 bits per heavy atom. The molecule has 0 bridgehead atoms. The Balaban J connectivity index is 1.56. The molecule has 0 aliphatic heterocycles. The maximum atomic E-state index is 13.8. The number of Topliss-reactive ketones (excluding diaryl/α,β-unsaturated/α-hetero) is 1. The molecule has 0 spiro atoms. The molecule has 3 aliphatic carbocycles. The second kappa shape index (κ2) is 8.89. The number of carbonyl (C=O) groups is 2. The van der Waals surface area contributed by atoms with Crippen LogP contribution in [0.25, 0.3) is 0 Å². The summed E-state index contributed by atoms with van der Waals surface area (Å²) in [5.41, 5.74) is 3.33. The molecule has 2 aromatic carbocycles. The second-order valence-electron chi connectivity index (χ2n) is 10.3. The van der Waals surface area contributed by atoms with Crippen molar-refractivity contribution >= 4 is 11.6 Å². The van der Waals surface area contributed by atoms with E-state index >= 15 is 0 Å². The van der Waals surface area contributed by atoms with Crippen LogP contribution in [0.3, 0.4) is 0 Å². The van der Waals surface area contributed by atoms with Gasteiger partial charge in [0.1, 0.15) is 11.5 Å². The van der Waals surface area contributed by atoms with Crippen LogP contribution in [0.2, 0.25) is 0 Å². The molecule has 0 N–H and O–H groups in total. The molecule has 0 amide bonds. The molecular formula is C29H34O6. The number of ether oxygens (including phenoxy) is 4. The van der Waals surface area contributed by atoms with Gasteiger partial charge in [0.2, 0.25) is 5.75 Å². The molecule has 6 nitrogen and oxygen atoms in total. The standard InChI is InChI=1S/C29H34O6/c1-29-11-10-18-19(22(29)8-9-26(29)30)7-6-16-12-23(32-2)21(15-20(16)18)27(31)17-13-24(33-3)28(35-5)25(14-17)34-4/h12-15,18-19,22H,6-11H2,1-5H3/t18-,19+,22-,29-/m0/s1. The minimum atomic E-state index is -0.167. The van der Waals surface area contributed by atoms with E-state index in [-0.39, 0.29) is 11.2 Å². The fourth-order valence-electron chi connectivity index (χ4n) is 7.08. The lowest BCUT2D eigenvalue weighted by molar-refractivity contribution is -0.129. The van der Waals surface area contributed by atoms with Crippen LogP contribution in [-0.4, -0.2) is 40.0 Å². The van der Waals surface area contributed by atoms with E-state index in [2.05, 4.69) is 13.0 Å². The molecule has 0 radical (unpaired) electrons. The molecule has 3 aliphatic rings. The highest BCUT2D eigenvalue weighted by atomic mass is 16.5. The van der Waals surface area contributed by atoms with Gasteiger partial charge in [-0.05, 0) is 85.3 Å². The summed E-state index contributed by atoms with van der Waals surface area (Å²) in [6.07, 6.45) is 5.67. The number of hydrogen-bond acceptors (Lipinski definition) is 6. The van der Waals surface area contributed by atoms with Crippen molar-refractivity contribution in [1.29, 1.82) is 0 Å². The first-order valence-electron chi connectivity index (χ1n) is 12.4. The van der Waals surface area contributed by atoms with Crippen LogP contribution in [-0.2, 0) is 11.2 Å². The third-order valence-corrected chi connectivity index (χ3v) is 8.93. The molecule has 4 atom stereocenters. The summed E-state index contributed by atoms with van der Waals surface area (Å²) in [5, 5.41) is 0. The molecule has 5 rings (SSSR count). The third-order valence-electron chi connectivity index (χ3n) is 8.93. The molecular weight excluding hydrogens is 444 g/mol. The van der Waals surface area contributed by atoms with Crippen LogP contribution in [0.4, 0.5) is 0 Å². The summed E-state index contributed by atoms with van der Waals surface area (Å²) in [7, 11) is 6.22. The van der Waals surface area contributed by atoms with E-state index in [1.807, 2.05) is 6.07 Å². The van der Waals surface area contributed by atoms with Crippen LogP contribution in [0.1, 0.15) is 72.0 Å². The van der Waals surface area contributed by atoms with Gasteiger partial charge in [-0.25, -0.2) is 0 Å². The molecule has 0 aromatic heterocycles. The molecule has 186 valence electrons. The van der Waals surface area contributed by atoms with E-state index < -0.39 is 0 Å². The van der Waals surface area contributed by atoms with Gasteiger partial charge >= 0.3 is 0 Å². The van der Waals surface area contributed by atoms with Crippen LogP contribution >= 0.6 is 0 Å². The highest BCUT2D eigenvalue weighted by molar-refractivity contribution is 6.11. The second-order valence-corrected chi connectivity index (χ2v) is 10.3. The van der Waals surface area contributed by atoms with E-state index in [1.54, 1.807) is 19.2 Å². The van der Waals surface area contributed by atoms with Crippen molar-refractivity contribution < 1.29 is 28.5 Å². The Morgan fingerprint density at radius 2 is 1.54 bits per heavy atom. The van der Waals surface area contributed by atoms with Gasteiger partial charge < -0.3 is 18.9 Å². The minimum Gasteiger partial charge on any atom is -0.496 e. The summed E-state index contributed by atoms with van der Waals surface area (Å²) in [6.45, 7) is 2.19. The first-order valence-corrected chi connectivity index (χ1v) is 12.4. The zero-order valence-corrected chi connectivity index (χ0v) is 21.2. The lowest BCUT2D eigenvalue weighted by Crippen LogP contribution is -2.42. The number of carbonyl (C=O) groups excluding carboxylic acids is 2. The number of ketones is 2. The van der Waals surface area contributed by atoms with Crippen molar-refractivity contribution in [1.82, 2.24) is 0 Å². The van der Waals surface area contributed by atoms with Gasteiger partial charge in [-0.2, -0.15) is 0 Å². The van der Waals surface area contributed by atoms with Gasteiger partial charge in [0.25, 0.3) is 0 Å². The normalized spacial score (nSPS) is 26.9. The van der Waals surface area contributed by atoms with E-state index in [1.165, 1.54) is 32.5 Å². The van der Waals surface area contributed by atoms with Gasteiger partial charge in [-0.1, -0.05) is 6.92 Å². The van der Waals surface area contributed by atoms with Crippen molar-refractivity contribution in [2.24, 2.45) is 17.3 Å². The zero-order valence-electron chi connectivity index (χ0n) is 21.2. The first kappa shape index (κ1) is 23.7. The first-order chi connectivity index (χ1) is 16.9. The number of fused-ring (bicyclic) bond motifs is 5. The van der Waals surface area contributed by atoms with Crippen LogP contribution < -0.4 is 18.9 Å². The molecule has 2 saturated carbocycles. The lowest BCUT2D eigenvalue weighted by atomic mass is 9.55. The minimum absolute atomic E-state index is 0.150. The molecule has 0 unspecified atom stereocenters. The summed E-state index contributed by atoms with van der Waals surface area (Å²) < 4.78 is 22.0. The average Bonchev–Trinajstić information content (AvgIpc) is 3.20. The number of methoxy groups -OCH3 is 4. The largest absolute Gasteiger partial charge is 0.496 e. The third kappa shape index (κ3) is 3.60. The van der Waals surface area contributed by atoms with E-state index in [4.69, 9.17) is 18.9 Å². The summed E-state index contributed by atoms with van der Waals surface area (Å²) in [5.74, 6) is 3.50. The quantitative estimate of drug-likeness (QED) is 0.520. The fraction of sp³-hybridized carbons (Fsp3) is 0.517. The Kier molecular flexibility index (Phi) is 6.02. The Bertz CT molecular complexity index is 1160. The van der Waals surface area contributed by atoms with Crippen LogP contribution in [0.5, 0.6) is 23.0 Å². The molecule has 0 saturated heterocycles. The topological polar surface area (TPSA) is 71.1 Å². The van der Waals surface area contributed by atoms with Gasteiger partial charge in [-0.15, -0.1) is 0 Å². The fourth-order valence-corrected chi connectivity index (χ4v) is 7.08. The molecule has 2 aromatic rings. The maximum Gasteiger partial charge on any atom is 0.203 e. The van der Waals surface area contributed by atoms with Crippen LogP contribution in [0.15, 0.2) is 24.3 Å². The molecule has 35 heavy (non-hydrogen) atoms. The Labute approximate surface area is 206 Å². The number of rotatable bonds is 6. The predicted molar refractivity (Wildman–Crippen MR) is 132 cm³/mol. The maximum absolute atomic E-state index is 13.8. The summed E-state index contributed by atoms with van der Waals surface area (Å²) in [6, 6.07) is 7.46. The predicted octanol–water partition coefficient (Wildman–Crippen LogP) is 5.38. The zero-order chi connectivity index (χ0) is 24.9. The molecule has 0 heterocycles. The Morgan fingerprint density at radius 1 is 0.857 bits per heavy atom. The summed E-state index contributed by atoms with van der Waals surface area (Å²) >= 11 is 0. The Hall–Kier alpha value is -3.02. The van der Waals surface area contributed by atoms with E-state index in [0.717, 1.165) is 32.1 Å². The van der Waals surface area contributed by atoms with E-state index in [0.29, 0.717) is 64.1 Å². The van der Waals surface area contributed by atoms with Gasteiger partial charge in [0.15, 0.2) is 17.3 Å². The summed E-state index contributed by atoms with van der Waals surface area (Å²) in [4.78, 5) is 26.5. The smallest absolute Gasteiger partial charge is 0.203 e. The van der Waals surface area contributed by atoms with Gasteiger partial charge in [0.05, 0.1) is 34.0 Å². The highest BCUT2D eigenvalue weighted by Gasteiger charge is 2.54.